The summed E-state index contributed by atoms with van der Waals surface area (Å²) in [6, 6.07) is 37.5. The van der Waals surface area contributed by atoms with Crippen LogP contribution in [0.1, 0.15) is 44.6 Å². The first kappa shape index (κ1) is 26.8. The molecule has 194 valence electrons. The van der Waals surface area contributed by atoms with Crippen molar-refractivity contribution in [2.75, 3.05) is 13.1 Å². The van der Waals surface area contributed by atoms with Gasteiger partial charge in [0.1, 0.15) is 0 Å². The standard InChI is InChI=1S/C33H34N2O3/c36-32(37)19-21-34-33(38)31-17-15-30(16-18-31)25-35(22-20-26-7-3-1-4-8-26)24-29-13-11-28(12-14-29)23-27-9-5-2-6-10-27/h1-18H,19-25H2,(H,34,38)(H,36,37). The van der Waals surface area contributed by atoms with Crippen LogP contribution in [0.15, 0.2) is 109 Å². The summed E-state index contributed by atoms with van der Waals surface area (Å²) in [7, 11) is 0. The monoisotopic (exact) mass is 506 g/mol. The molecule has 2 N–H and O–H groups in total. The van der Waals surface area contributed by atoms with Crippen molar-refractivity contribution in [1.82, 2.24) is 10.2 Å². The Hall–Kier alpha value is -4.22. The van der Waals surface area contributed by atoms with Crippen LogP contribution >= 0.6 is 0 Å². The molecule has 0 unspecified atom stereocenters. The average molecular weight is 507 g/mol. The lowest BCUT2D eigenvalue weighted by Crippen LogP contribution is -2.26. The van der Waals surface area contributed by atoms with E-state index in [1.54, 1.807) is 12.1 Å². The topological polar surface area (TPSA) is 69.6 Å². The molecule has 0 heterocycles. The molecule has 0 saturated heterocycles. The van der Waals surface area contributed by atoms with E-state index in [1.165, 1.54) is 22.3 Å². The van der Waals surface area contributed by atoms with Crippen LogP contribution in [0, 0.1) is 0 Å². The number of nitrogens with one attached hydrogen (secondary N) is 1. The van der Waals surface area contributed by atoms with Crippen molar-refractivity contribution in [3.63, 3.8) is 0 Å². The lowest BCUT2D eigenvalue weighted by molar-refractivity contribution is -0.136. The number of carboxylic acid groups (broad SMARTS) is 1. The van der Waals surface area contributed by atoms with E-state index in [-0.39, 0.29) is 18.9 Å². The number of carboxylic acids is 1. The first-order chi connectivity index (χ1) is 18.5. The summed E-state index contributed by atoms with van der Waals surface area (Å²) in [5.41, 5.74) is 6.84. The van der Waals surface area contributed by atoms with E-state index in [1.807, 2.05) is 24.3 Å². The molecule has 5 nitrogen and oxygen atoms in total. The van der Waals surface area contributed by atoms with Crippen LogP contribution in [0.2, 0.25) is 0 Å². The molecule has 5 heteroatoms. The van der Waals surface area contributed by atoms with E-state index in [2.05, 4.69) is 83.0 Å². The number of hydrogen-bond donors (Lipinski definition) is 2. The van der Waals surface area contributed by atoms with Crippen molar-refractivity contribution >= 4 is 11.9 Å². The minimum atomic E-state index is -0.929. The van der Waals surface area contributed by atoms with E-state index in [4.69, 9.17) is 5.11 Å². The maximum Gasteiger partial charge on any atom is 0.305 e. The molecule has 0 atom stereocenters. The number of carbonyl (C=O) groups excluding carboxylic acids is 1. The van der Waals surface area contributed by atoms with Gasteiger partial charge in [-0.2, -0.15) is 0 Å². The van der Waals surface area contributed by atoms with Crippen molar-refractivity contribution in [2.24, 2.45) is 0 Å². The van der Waals surface area contributed by atoms with Gasteiger partial charge in [-0.3, -0.25) is 14.5 Å². The molecule has 0 aliphatic carbocycles. The fraction of sp³-hybridized carbons (Fsp3) is 0.212. The zero-order valence-electron chi connectivity index (χ0n) is 21.6. The Bertz CT molecular complexity index is 1290. The summed E-state index contributed by atoms with van der Waals surface area (Å²) in [5, 5.41) is 11.4. The first-order valence-corrected chi connectivity index (χ1v) is 13.0. The highest BCUT2D eigenvalue weighted by Gasteiger charge is 2.11. The second-order valence-corrected chi connectivity index (χ2v) is 9.52. The number of amides is 1. The summed E-state index contributed by atoms with van der Waals surface area (Å²) < 4.78 is 0. The Morgan fingerprint density at radius 3 is 1.71 bits per heavy atom. The Morgan fingerprint density at radius 2 is 1.13 bits per heavy atom. The molecule has 4 rings (SSSR count). The molecular weight excluding hydrogens is 472 g/mol. The van der Waals surface area contributed by atoms with Gasteiger partial charge in [0.25, 0.3) is 5.91 Å². The lowest BCUT2D eigenvalue weighted by Gasteiger charge is -2.23. The Kier molecular flexibility index (Phi) is 9.82. The predicted molar refractivity (Wildman–Crippen MR) is 151 cm³/mol. The summed E-state index contributed by atoms with van der Waals surface area (Å²) in [6.45, 7) is 2.62. The Morgan fingerprint density at radius 1 is 0.632 bits per heavy atom. The molecule has 38 heavy (non-hydrogen) atoms. The Balaban J connectivity index is 1.40. The van der Waals surface area contributed by atoms with Crippen LogP contribution in [-0.2, 0) is 30.7 Å². The van der Waals surface area contributed by atoms with Crippen LogP contribution in [0.5, 0.6) is 0 Å². The molecule has 0 aliphatic heterocycles. The van der Waals surface area contributed by atoms with Gasteiger partial charge in [-0.25, -0.2) is 0 Å². The predicted octanol–water partition coefficient (Wildman–Crippen LogP) is 5.73. The zero-order chi connectivity index (χ0) is 26.6. The molecular formula is C33H34N2O3. The van der Waals surface area contributed by atoms with Crippen molar-refractivity contribution in [1.29, 1.82) is 0 Å². The van der Waals surface area contributed by atoms with Gasteiger partial charge >= 0.3 is 5.97 Å². The van der Waals surface area contributed by atoms with Crippen LogP contribution < -0.4 is 5.32 Å². The second kappa shape index (κ2) is 13.9. The number of benzene rings is 4. The summed E-state index contributed by atoms with van der Waals surface area (Å²) in [4.78, 5) is 25.4. The first-order valence-electron chi connectivity index (χ1n) is 13.0. The van der Waals surface area contributed by atoms with Gasteiger partial charge in [0.2, 0.25) is 0 Å². The highest BCUT2D eigenvalue weighted by molar-refractivity contribution is 5.94. The number of aliphatic carboxylic acids is 1. The largest absolute Gasteiger partial charge is 0.481 e. The van der Waals surface area contributed by atoms with Gasteiger partial charge in [-0.05, 0) is 52.8 Å². The molecule has 0 saturated carbocycles. The summed E-state index contributed by atoms with van der Waals surface area (Å²) in [5.74, 6) is -1.18. The van der Waals surface area contributed by atoms with Crippen LogP contribution in [0.3, 0.4) is 0 Å². The van der Waals surface area contributed by atoms with Crippen LogP contribution in [0.25, 0.3) is 0 Å². The minimum absolute atomic E-state index is 0.0898. The third-order valence-electron chi connectivity index (χ3n) is 6.49. The summed E-state index contributed by atoms with van der Waals surface area (Å²) >= 11 is 0. The van der Waals surface area contributed by atoms with Crippen molar-refractivity contribution < 1.29 is 14.7 Å². The van der Waals surface area contributed by atoms with Crippen LogP contribution in [0.4, 0.5) is 0 Å². The quantitative estimate of drug-likeness (QED) is 0.243. The highest BCUT2D eigenvalue weighted by atomic mass is 16.4. The van der Waals surface area contributed by atoms with Gasteiger partial charge in [0.05, 0.1) is 6.42 Å². The lowest BCUT2D eigenvalue weighted by atomic mass is 10.0. The molecule has 0 bridgehead atoms. The second-order valence-electron chi connectivity index (χ2n) is 9.52. The van der Waals surface area contributed by atoms with Crippen molar-refractivity contribution in [3.05, 3.63) is 143 Å². The normalized spacial score (nSPS) is 10.9. The fourth-order valence-corrected chi connectivity index (χ4v) is 4.40. The number of carbonyl (C=O) groups is 2. The molecule has 0 radical (unpaired) electrons. The third kappa shape index (κ3) is 8.71. The number of rotatable bonds is 13. The van der Waals surface area contributed by atoms with Gasteiger partial charge in [-0.1, -0.05) is 97.1 Å². The maximum absolute atomic E-state index is 12.3. The summed E-state index contributed by atoms with van der Waals surface area (Å²) in [6.07, 6.45) is 1.79. The highest BCUT2D eigenvalue weighted by Crippen LogP contribution is 2.16. The van der Waals surface area contributed by atoms with Crippen LogP contribution in [-0.4, -0.2) is 35.0 Å². The number of nitrogens with zero attached hydrogens (tertiary/aromatic N) is 1. The minimum Gasteiger partial charge on any atom is -0.481 e. The van der Waals surface area contributed by atoms with Crippen molar-refractivity contribution in [3.8, 4) is 0 Å². The SMILES string of the molecule is O=C(O)CCNC(=O)c1ccc(CN(CCc2ccccc2)Cc2ccc(Cc3ccccc3)cc2)cc1. The molecule has 4 aromatic rings. The Labute approximate surface area is 224 Å². The van der Waals surface area contributed by atoms with Gasteiger partial charge in [0, 0.05) is 31.7 Å². The fourth-order valence-electron chi connectivity index (χ4n) is 4.40. The third-order valence-corrected chi connectivity index (χ3v) is 6.49. The van der Waals surface area contributed by atoms with E-state index < -0.39 is 5.97 Å². The van der Waals surface area contributed by atoms with E-state index in [0.717, 1.165) is 38.0 Å². The molecule has 0 fully saturated rings. The molecule has 4 aromatic carbocycles. The van der Waals surface area contributed by atoms with Gasteiger partial charge in [-0.15, -0.1) is 0 Å². The van der Waals surface area contributed by atoms with Gasteiger partial charge < -0.3 is 10.4 Å². The van der Waals surface area contributed by atoms with E-state index in [9.17, 15) is 9.59 Å². The average Bonchev–Trinajstić information content (AvgIpc) is 2.94. The maximum atomic E-state index is 12.3. The zero-order valence-corrected chi connectivity index (χ0v) is 21.6. The molecule has 0 spiro atoms. The molecule has 0 aliphatic rings. The van der Waals surface area contributed by atoms with E-state index >= 15 is 0 Å². The molecule has 1 amide bonds. The molecule has 0 aromatic heterocycles. The van der Waals surface area contributed by atoms with Gasteiger partial charge in [0.15, 0.2) is 0 Å². The van der Waals surface area contributed by atoms with E-state index in [0.29, 0.717) is 5.56 Å². The van der Waals surface area contributed by atoms with Crippen molar-refractivity contribution in [2.45, 2.75) is 32.4 Å². The smallest absolute Gasteiger partial charge is 0.305 e. The number of hydrogen-bond acceptors (Lipinski definition) is 3.